The number of carbonyl (C=O) groups is 2. The Hall–Kier alpha value is -3.54. The molecule has 1 aromatic heterocycles. The predicted molar refractivity (Wildman–Crippen MR) is 116 cm³/mol. The van der Waals surface area contributed by atoms with E-state index in [9.17, 15) is 9.59 Å². The number of nitrogens with one attached hydrogen (secondary N) is 2. The third-order valence-corrected chi connectivity index (χ3v) is 4.73. The van der Waals surface area contributed by atoms with E-state index in [4.69, 9.17) is 4.74 Å². The van der Waals surface area contributed by atoms with Crippen molar-refractivity contribution in [1.82, 2.24) is 15.2 Å². The zero-order chi connectivity index (χ0) is 21.2. The van der Waals surface area contributed by atoms with E-state index in [1.165, 1.54) is 5.56 Å². The van der Waals surface area contributed by atoms with E-state index >= 15 is 0 Å². The van der Waals surface area contributed by atoms with Crippen LogP contribution in [-0.4, -0.2) is 23.2 Å². The number of urea groups is 1. The molecule has 3 rings (SSSR count). The zero-order valence-corrected chi connectivity index (χ0v) is 17.1. The van der Waals surface area contributed by atoms with E-state index in [-0.39, 0.29) is 18.4 Å². The van der Waals surface area contributed by atoms with Crippen molar-refractivity contribution >= 4 is 12.0 Å². The van der Waals surface area contributed by atoms with E-state index in [2.05, 4.69) is 27.3 Å². The molecule has 6 nitrogen and oxygen atoms in total. The van der Waals surface area contributed by atoms with Crippen molar-refractivity contribution in [1.29, 1.82) is 0 Å². The largest absolute Gasteiger partial charge is 0.466 e. The maximum absolute atomic E-state index is 12.5. The molecule has 1 heterocycles. The highest BCUT2D eigenvalue weighted by Crippen LogP contribution is 2.17. The van der Waals surface area contributed by atoms with Crippen molar-refractivity contribution in [2.45, 2.75) is 32.5 Å². The molecule has 2 N–H and O–H groups in total. The van der Waals surface area contributed by atoms with Gasteiger partial charge in [0.1, 0.15) is 0 Å². The van der Waals surface area contributed by atoms with Crippen LogP contribution in [0.2, 0.25) is 0 Å². The Kier molecular flexibility index (Phi) is 7.66. The maximum atomic E-state index is 12.5. The van der Waals surface area contributed by atoms with Gasteiger partial charge in [-0.3, -0.25) is 4.79 Å². The van der Waals surface area contributed by atoms with E-state index < -0.39 is 6.04 Å². The van der Waals surface area contributed by atoms with Crippen LogP contribution < -0.4 is 10.6 Å². The van der Waals surface area contributed by atoms with Gasteiger partial charge in [0.05, 0.1) is 25.6 Å². The Bertz CT molecular complexity index is 939. The lowest BCUT2D eigenvalue weighted by Crippen LogP contribution is -2.38. The first kappa shape index (κ1) is 21.2. The second-order valence-electron chi connectivity index (χ2n) is 6.91. The van der Waals surface area contributed by atoms with Crippen molar-refractivity contribution in [2.75, 3.05) is 6.61 Å². The summed E-state index contributed by atoms with van der Waals surface area (Å²) < 4.78 is 7.15. The third-order valence-electron chi connectivity index (χ3n) is 4.73. The molecule has 0 aliphatic rings. The molecular formula is C24H27N3O3. The molecule has 2 amide bonds. The van der Waals surface area contributed by atoms with Gasteiger partial charge >= 0.3 is 12.0 Å². The summed E-state index contributed by atoms with van der Waals surface area (Å²) in [6.45, 7) is 3.19. The number of hydrogen-bond donors (Lipinski definition) is 2. The number of hydrogen-bond acceptors (Lipinski definition) is 3. The van der Waals surface area contributed by atoms with Gasteiger partial charge in [-0.05, 0) is 30.2 Å². The Morgan fingerprint density at radius 3 is 2.37 bits per heavy atom. The summed E-state index contributed by atoms with van der Waals surface area (Å²) in [5, 5.41) is 5.79. The Morgan fingerprint density at radius 1 is 0.967 bits per heavy atom. The fraction of sp³-hybridized carbons (Fsp3) is 0.250. The van der Waals surface area contributed by atoms with Gasteiger partial charge in [0.2, 0.25) is 0 Å². The Balaban J connectivity index is 1.59. The van der Waals surface area contributed by atoms with Crippen LogP contribution in [0.25, 0.3) is 0 Å². The van der Waals surface area contributed by atoms with E-state index in [1.54, 1.807) is 6.92 Å². The topological polar surface area (TPSA) is 72.4 Å². The zero-order valence-electron chi connectivity index (χ0n) is 17.1. The van der Waals surface area contributed by atoms with Gasteiger partial charge in [0, 0.05) is 18.4 Å². The summed E-state index contributed by atoms with van der Waals surface area (Å²) in [4.78, 5) is 24.5. The van der Waals surface area contributed by atoms with E-state index in [0.717, 1.165) is 17.8 Å². The average molecular weight is 405 g/mol. The second kappa shape index (κ2) is 10.9. The molecular weight excluding hydrogens is 378 g/mol. The quantitative estimate of drug-likeness (QED) is 0.528. The minimum atomic E-state index is -0.457. The monoisotopic (exact) mass is 405 g/mol. The number of benzene rings is 2. The fourth-order valence-electron chi connectivity index (χ4n) is 3.25. The number of aromatic nitrogens is 1. The molecule has 156 valence electrons. The lowest BCUT2D eigenvalue weighted by Gasteiger charge is -2.19. The standard InChI is InChI=1S/C24H27N3O3/c1-2-30-23(28)16-22(20-12-7-4-8-13-20)26-24(29)25-17-21-14-9-15-27(21)18-19-10-5-3-6-11-19/h3-15,22H,2,16-18H2,1H3,(H2,25,26,29). The van der Waals surface area contributed by atoms with Crippen LogP contribution in [0.3, 0.4) is 0 Å². The third kappa shape index (κ3) is 6.24. The summed E-state index contributed by atoms with van der Waals surface area (Å²) in [6.07, 6.45) is 2.07. The van der Waals surface area contributed by atoms with E-state index in [0.29, 0.717) is 13.2 Å². The fourth-order valence-corrected chi connectivity index (χ4v) is 3.25. The van der Waals surface area contributed by atoms with Crippen molar-refractivity contribution < 1.29 is 14.3 Å². The molecule has 0 fully saturated rings. The van der Waals surface area contributed by atoms with Gasteiger partial charge in [0.15, 0.2) is 0 Å². The van der Waals surface area contributed by atoms with E-state index in [1.807, 2.05) is 66.9 Å². The summed E-state index contributed by atoms with van der Waals surface area (Å²) in [5.41, 5.74) is 3.04. The molecule has 0 spiro atoms. The van der Waals surface area contributed by atoms with Crippen molar-refractivity contribution in [3.05, 3.63) is 95.8 Å². The minimum Gasteiger partial charge on any atom is -0.466 e. The number of rotatable bonds is 9. The minimum absolute atomic E-state index is 0.0790. The molecule has 0 radical (unpaired) electrons. The number of amides is 2. The molecule has 3 aromatic rings. The van der Waals surface area contributed by atoms with Crippen molar-refractivity contribution in [2.24, 2.45) is 0 Å². The van der Waals surface area contributed by atoms with Crippen LogP contribution in [0.1, 0.15) is 36.2 Å². The summed E-state index contributed by atoms with van der Waals surface area (Å²) in [7, 11) is 0. The molecule has 0 bridgehead atoms. The Morgan fingerprint density at radius 2 is 1.67 bits per heavy atom. The normalized spacial score (nSPS) is 11.5. The molecule has 0 aliphatic heterocycles. The van der Waals surface area contributed by atoms with Crippen LogP contribution in [0, 0.1) is 0 Å². The maximum Gasteiger partial charge on any atom is 0.315 e. The predicted octanol–water partition coefficient (Wildman–Crippen LogP) is 4.03. The van der Waals surface area contributed by atoms with Gasteiger partial charge in [-0.1, -0.05) is 60.7 Å². The molecule has 30 heavy (non-hydrogen) atoms. The molecule has 6 heteroatoms. The number of ether oxygens (including phenoxy) is 1. The van der Waals surface area contributed by atoms with Crippen LogP contribution in [0.5, 0.6) is 0 Å². The molecule has 1 unspecified atom stereocenters. The highest BCUT2D eigenvalue weighted by atomic mass is 16.5. The average Bonchev–Trinajstić information content (AvgIpc) is 3.20. The smallest absolute Gasteiger partial charge is 0.315 e. The molecule has 0 saturated carbocycles. The Labute approximate surface area is 176 Å². The van der Waals surface area contributed by atoms with Crippen molar-refractivity contribution in [3.63, 3.8) is 0 Å². The lowest BCUT2D eigenvalue weighted by molar-refractivity contribution is -0.143. The first-order valence-corrected chi connectivity index (χ1v) is 10.1. The highest BCUT2D eigenvalue weighted by molar-refractivity contribution is 5.76. The van der Waals surface area contributed by atoms with Gasteiger partial charge in [-0.25, -0.2) is 4.79 Å². The van der Waals surface area contributed by atoms with Gasteiger partial charge in [-0.15, -0.1) is 0 Å². The van der Waals surface area contributed by atoms with Crippen LogP contribution in [0.15, 0.2) is 79.0 Å². The van der Waals surface area contributed by atoms with Gasteiger partial charge in [-0.2, -0.15) is 0 Å². The summed E-state index contributed by atoms with van der Waals surface area (Å²) in [6, 6.07) is 22.7. The van der Waals surface area contributed by atoms with Gasteiger partial charge in [0.25, 0.3) is 0 Å². The first-order chi connectivity index (χ1) is 14.7. The van der Waals surface area contributed by atoms with Crippen molar-refractivity contribution in [3.8, 4) is 0 Å². The summed E-state index contributed by atoms with van der Waals surface area (Å²) >= 11 is 0. The van der Waals surface area contributed by atoms with Crippen LogP contribution >= 0.6 is 0 Å². The second-order valence-corrected chi connectivity index (χ2v) is 6.91. The first-order valence-electron chi connectivity index (χ1n) is 10.1. The molecule has 2 aromatic carbocycles. The van der Waals surface area contributed by atoms with Crippen LogP contribution in [0.4, 0.5) is 4.79 Å². The van der Waals surface area contributed by atoms with Gasteiger partial charge < -0.3 is 19.9 Å². The number of carbonyl (C=O) groups excluding carboxylic acids is 2. The molecule has 0 aliphatic carbocycles. The molecule has 0 saturated heterocycles. The van der Waals surface area contributed by atoms with Crippen LogP contribution in [-0.2, 0) is 22.6 Å². The number of esters is 1. The SMILES string of the molecule is CCOC(=O)CC(NC(=O)NCc1cccn1Cc1ccccc1)c1ccccc1. The lowest BCUT2D eigenvalue weighted by atomic mass is 10.0. The summed E-state index contributed by atoms with van der Waals surface area (Å²) in [5.74, 6) is -0.344. The number of nitrogens with zero attached hydrogens (tertiary/aromatic N) is 1. The molecule has 1 atom stereocenters. The highest BCUT2D eigenvalue weighted by Gasteiger charge is 2.19.